The van der Waals surface area contributed by atoms with E-state index in [2.05, 4.69) is 0 Å². The number of aliphatic hydroxyl groups excluding tert-OH is 3. The Kier molecular flexibility index (Phi) is 7.29. The lowest BCUT2D eigenvalue weighted by molar-refractivity contribution is -0.227. The summed E-state index contributed by atoms with van der Waals surface area (Å²) in [6.45, 7) is 0. The molecule has 0 aromatic heterocycles. The van der Waals surface area contributed by atoms with Crippen molar-refractivity contribution in [1.29, 1.82) is 0 Å². The van der Waals surface area contributed by atoms with Gasteiger partial charge in [0.2, 0.25) is 0 Å². The molecule has 6 aromatic carbocycles. The van der Waals surface area contributed by atoms with Gasteiger partial charge < -0.3 is 74.7 Å². The Hall–Kier alpha value is -7.20. The monoisotopic (exact) mass is 814 g/mol. The number of aromatic hydroxyl groups is 7. The maximum Gasteiger partial charge on any atom is 0.305 e. The molecule has 60 heavy (non-hydrogen) atoms. The number of rotatable bonds is 3. The van der Waals surface area contributed by atoms with Crippen molar-refractivity contribution >= 4 is 0 Å². The SMILES string of the molecule is Oc1ccc(C2Oc3c(c(O)cc4c3C3c5c(O)cc6c(c5O[C@](c5ccc(O)cc5)(O4)[C@H]3O)C3c4c(O)cc(O)cc4O[C@](c4ccc(O)cc4)(O6)[C@H]3O)C[C@H]2O)cc1. The number of fused-ring (bicyclic) bond motifs is 15. The van der Waals surface area contributed by atoms with Gasteiger partial charge in [-0.15, -0.1) is 0 Å². The molecular weight excluding hydrogens is 780 g/mol. The van der Waals surface area contributed by atoms with Crippen LogP contribution in [0, 0.1) is 0 Å². The Balaban J connectivity index is 1.19. The summed E-state index contributed by atoms with van der Waals surface area (Å²) in [5.74, 6) is -8.82. The molecular formula is C45H34O15. The largest absolute Gasteiger partial charge is 0.508 e. The molecule has 6 aromatic rings. The highest BCUT2D eigenvalue weighted by Crippen LogP contribution is 2.67. The van der Waals surface area contributed by atoms with Crippen LogP contribution in [0.5, 0.6) is 69.0 Å². The van der Waals surface area contributed by atoms with E-state index in [4.69, 9.17) is 23.7 Å². The van der Waals surface area contributed by atoms with Crippen molar-refractivity contribution < 1.29 is 74.7 Å². The Bertz CT molecular complexity index is 2770. The average Bonchev–Trinajstić information content (AvgIpc) is 3.20. The first-order valence-electron chi connectivity index (χ1n) is 19.0. The van der Waals surface area contributed by atoms with Crippen LogP contribution in [0.2, 0.25) is 0 Å². The van der Waals surface area contributed by atoms with E-state index in [1.165, 1.54) is 78.9 Å². The van der Waals surface area contributed by atoms with E-state index in [0.717, 1.165) is 6.07 Å². The third-order valence-corrected chi connectivity index (χ3v) is 12.2. The van der Waals surface area contributed by atoms with E-state index in [1.54, 1.807) is 12.1 Å². The minimum Gasteiger partial charge on any atom is -0.508 e. The second-order valence-electron chi connectivity index (χ2n) is 15.6. The molecule has 0 aliphatic carbocycles. The Morgan fingerprint density at radius 2 is 0.917 bits per heavy atom. The smallest absolute Gasteiger partial charge is 0.305 e. The van der Waals surface area contributed by atoms with Crippen LogP contribution in [0.15, 0.2) is 97.1 Å². The van der Waals surface area contributed by atoms with Gasteiger partial charge in [-0.2, -0.15) is 0 Å². The normalized spacial score (nSPS) is 27.4. The van der Waals surface area contributed by atoms with Crippen molar-refractivity contribution in [2.75, 3.05) is 0 Å². The topological polar surface area (TPSA) is 248 Å². The molecule has 0 saturated heterocycles. The zero-order valence-electron chi connectivity index (χ0n) is 30.9. The lowest BCUT2D eigenvalue weighted by Gasteiger charge is -2.53. The van der Waals surface area contributed by atoms with E-state index < -0.39 is 59.3 Å². The summed E-state index contributed by atoms with van der Waals surface area (Å²) in [6.07, 6.45) is -5.65. The first-order valence-corrected chi connectivity index (χ1v) is 19.0. The van der Waals surface area contributed by atoms with E-state index in [0.29, 0.717) is 5.56 Å². The minimum absolute atomic E-state index is 0.00846. The van der Waals surface area contributed by atoms with Crippen LogP contribution in [0.1, 0.15) is 62.4 Å². The van der Waals surface area contributed by atoms with E-state index in [1.807, 2.05) is 0 Å². The van der Waals surface area contributed by atoms with Gasteiger partial charge in [0.25, 0.3) is 0 Å². The Labute approximate surface area is 338 Å². The van der Waals surface area contributed by atoms with Gasteiger partial charge in [0, 0.05) is 69.6 Å². The third kappa shape index (κ3) is 4.75. The molecule has 11 rings (SSSR count). The van der Waals surface area contributed by atoms with Crippen molar-refractivity contribution in [3.8, 4) is 69.0 Å². The summed E-state index contributed by atoms with van der Waals surface area (Å²) in [4.78, 5) is 0. The predicted octanol–water partition coefficient (Wildman–Crippen LogP) is 4.92. The van der Waals surface area contributed by atoms with Crippen molar-refractivity contribution in [1.82, 2.24) is 0 Å². The van der Waals surface area contributed by atoms with Gasteiger partial charge in [0.15, 0.2) is 0 Å². The maximum absolute atomic E-state index is 12.7. The zero-order valence-corrected chi connectivity index (χ0v) is 30.9. The van der Waals surface area contributed by atoms with E-state index in [9.17, 15) is 51.1 Å². The lowest BCUT2D eigenvalue weighted by atomic mass is 9.70. The number of benzene rings is 6. The highest BCUT2D eigenvalue weighted by Gasteiger charge is 2.64. The first kappa shape index (κ1) is 35.9. The van der Waals surface area contributed by atoms with E-state index >= 15 is 0 Å². The van der Waals surface area contributed by atoms with Crippen LogP contribution >= 0.6 is 0 Å². The molecule has 0 fully saturated rings. The second kappa shape index (κ2) is 12.2. The summed E-state index contributed by atoms with van der Waals surface area (Å²) >= 11 is 0. The van der Waals surface area contributed by atoms with Crippen molar-refractivity contribution in [2.45, 2.75) is 54.2 Å². The number of hydrogen-bond acceptors (Lipinski definition) is 15. The van der Waals surface area contributed by atoms with Crippen molar-refractivity contribution in [3.05, 3.63) is 142 Å². The highest BCUT2D eigenvalue weighted by molar-refractivity contribution is 5.73. The van der Waals surface area contributed by atoms with Crippen LogP contribution < -0.4 is 23.7 Å². The minimum atomic E-state index is -2.19. The van der Waals surface area contributed by atoms with Gasteiger partial charge in [-0.05, 0) is 66.2 Å². The molecule has 5 aliphatic rings. The fourth-order valence-corrected chi connectivity index (χ4v) is 9.55. The highest BCUT2D eigenvalue weighted by atomic mass is 16.7. The fourth-order valence-electron chi connectivity index (χ4n) is 9.55. The molecule has 3 unspecified atom stereocenters. The maximum atomic E-state index is 12.7. The predicted molar refractivity (Wildman–Crippen MR) is 205 cm³/mol. The molecule has 0 radical (unpaired) electrons. The summed E-state index contributed by atoms with van der Waals surface area (Å²) in [5.41, 5.74) is 1.40. The van der Waals surface area contributed by atoms with Crippen LogP contribution in [0.4, 0.5) is 0 Å². The van der Waals surface area contributed by atoms with Crippen LogP contribution in [-0.2, 0) is 18.0 Å². The molecule has 0 amide bonds. The third-order valence-electron chi connectivity index (χ3n) is 12.2. The quantitative estimate of drug-likeness (QED) is 0.114. The zero-order chi connectivity index (χ0) is 41.6. The van der Waals surface area contributed by atoms with Gasteiger partial charge in [0.05, 0.1) is 17.9 Å². The van der Waals surface area contributed by atoms with Crippen LogP contribution in [0.3, 0.4) is 0 Å². The summed E-state index contributed by atoms with van der Waals surface area (Å²) in [6, 6.07) is 22.2. The number of phenolic OH excluding ortho intramolecular Hbond substituents is 7. The summed E-state index contributed by atoms with van der Waals surface area (Å²) in [7, 11) is 0. The fraction of sp³-hybridized carbons (Fsp3) is 0.200. The summed E-state index contributed by atoms with van der Waals surface area (Å²) < 4.78 is 33.0. The Morgan fingerprint density at radius 1 is 0.450 bits per heavy atom. The first-order chi connectivity index (χ1) is 28.8. The molecule has 5 heterocycles. The molecule has 15 heteroatoms. The van der Waals surface area contributed by atoms with Gasteiger partial charge in [-0.1, -0.05) is 12.1 Å². The van der Waals surface area contributed by atoms with Gasteiger partial charge >= 0.3 is 11.6 Å². The molecule has 8 atom stereocenters. The van der Waals surface area contributed by atoms with Crippen LogP contribution in [0.25, 0.3) is 0 Å². The molecule has 10 N–H and O–H groups in total. The molecule has 5 aliphatic heterocycles. The molecule has 15 nitrogen and oxygen atoms in total. The van der Waals surface area contributed by atoms with Gasteiger partial charge in [0.1, 0.15) is 87.3 Å². The number of phenols is 7. The number of aliphatic hydroxyl groups is 3. The lowest BCUT2D eigenvalue weighted by Crippen LogP contribution is -2.59. The van der Waals surface area contributed by atoms with Crippen LogP contribution in [-0.4, -0.2) is 69.4 Å². The Morgan fingerprint density at radius 3 is 1.50 bits per heavy atom. The van der Waals surface area contributed by atoms with E-state index in [-0.39, 0.29) is 103 Å². The second-order valence-corrected chi connectivity index (χ2v) is 15.6. The molecule has 0 spiro atoms. The van der Waals surface area contributed by atoms with Gasteiger partial charge in [-0.25, -0.2) is 0 Å². The van der Waals surface area contributed by atoms with Crippen molar-refractivity contribution in [2.24, 2.45) is 0 Å². The molecule has 0 saturated carbocycles. The summed E-state index contributed by atoms with van der Waals surface area (Å²) in [5, 5.41) is 113. The average molecular weight is 815 g/mol. The standard InChI is InChI=1S/C45H34O15/c46-21-7-1-18(2-8-21)39-29(53)15-25-26(50)16-31-35(40(25)56-39)38-34-28(52)17-32-36(41(34)60-45(59-31,43(38)55)20-5-11-23(48)12-6-20)37-33-27(51)13-24(49)14-30(33)57-44(58-32,42(37)54)19-3-9-22(47)10-4-19/h1-14,16-17,29,37-39,42-43,46-55H,15H2/t29-,37?,38?,39?,42+,43+,44-,45+/m1/s1. The molecule has 304 valence electrons. The molecule has 4 bridgehead atoms. The van der Waals surface area contributed by atoms with Gasteiger partial charge in [-0.3, -0.25) is 0 Å². The number of ether oxygens (including phenoxy) is 5. The van der Waals surface area contributed by atoms with Crippen molar-refractivity contribution in [3.63, 3.8) is 0 Å². The number of hydrogen-bond donors (Lipinski definition) is 10.